The van der Waals surface area contributed by atoms with Crippen LogP contribution >= 0.6 is 0 Å². The highest BCUT2D eigenvalue weighted by Gasteiger charge is 2.31. The summed E-state index contributed by atoms with van der Waals surface area (Å²) in [6.07, 6.45) is 3.31. The second-order valence-electron chi connectivity index (χ2n) is 6.17. The summed E-state index contributed by atoms with van der Waals surface area (Å²) in [5.74, 6) is 0.904. The molecule has 106 valence electrons. The highest BCUT2D eigenvalue weighted by Crippen LogP contribution is 2.29. The van der Waals surface area contributed by atoms with Crippen LogP contribution in [-0.2, 0) is 11.2 Å². The van der Waals surface area contributed by atoms with Gasteiger partial charge in [-0.15, -0.1) is 0 Å². The molecule has 0 amide bonds. The molecule has 19 heavy (non-hydrogen) atoms. The van der Waals surface area contributed by atoms with Crippen LogP contribution in [0.5, 0.6) is 5.75 Å². The van der Waals surface area contributed by atoms with E-state index in [0.29, 0.717) is 6.61 Å². The molecule has 2 rings (SSSR count). The average Bonchev–Trinajstić information content (AvgIpc) is 2.67. The molecule has 0 bridgehead atoms. The van der Waals surface area contributed by atoms with Gasteiger partial charge in [-0.2, -0.15) is 0 Å². The van der Waals surface area contributed by atoms with Gasteiger partial charge in [0.05, 0.1) is 11.7 Å². The molecule has 2 atom stereocenters. The van der Waals surface area contributed by atoms with Crippen LogP contribution in [0.4, 0.5) is 0 Å². The molecule has 1 aromatic carbocycles. The van der Waals surface area contributed by atoms with Gasteiger partial charge in [0, 0.05) is 6.04 Å². The topological polar surface area (TPSA) is 44.5 Å². The van der Waals surface area contributed by atoms with Gasteiger partial charge in [0.1, 0.15) is 12.4 Å². The van der Waals surface area contributed by atoms with Crippen molar-refractivity contribution in [1.29, 1.82) is 0 Å². The van der Waals surface area contributed by atoms with Crippen LogP contribution in [0, 0.1) is 0 Å². The normalized spacial score (nSPS) is 23.3. The number of ether oxygens (including phenoxy) is 2. The van der Waals surface area contributed by atoms with Gasteiger partial charge in [-0.1, -0.05) is 12.1 Å². The van der Waals surface area contributed by atoms with Crippen molar-refractivity contribution in [1.82, 2.24) is 0 Å². The molecule has 1 aromatic rings. The second kappa shape index (κ2) is 5.93. The van der Waals surface area contributed by atoms with Gasteiger partial charge in [0.25, 0.3) is 0 Å². The van der Waals surface area contributed by atoms with E-state index in [1.54, 1.807) is 0 Å². The quantitative estimate of drug-likeness (QED) is 0.888. The number of hydrogen-bond donors (Lipinski definition) is 1. The van der Waals surface area contributed by atoms with E-state index in [4.69, 9.17) is 15.2 Å². The minimum atomic E-state index is 0.00908. The molecule has 1 aliphatic rings. The Kier molecular flexibility index (Phi) is 4.48. The van der Waals surface area contributed by atoms with Crippen molar-refractivity contribution >= 4 is 0 Å². The molecule has 0 saturated carbocycles. The smallest absolute Gasteiger partial charge is 0.119 e. The Hall–Kier alpha value is -1.06. The molecule has 1 saturated heterocycles. The lowest BCUT2D eigenvalue weighted by atomic mass is 10.1. The van der Waals surface area contributed by atoms with Crippen molar-refractivity contribution in [2.75, 3.05) is 6.61 Å². The first-order chi connectivity index (χ1) is 8.94. The Morgan fingerprint density at radius 1 is 1.37 bits per heavy atom. The molecule has 0 radical (unpaired) electrons. The Morgan fingerprint density at radius 3 is 2.58 bits per heavy atom. The molecule has 0 aromatic heterocycles. The molecule has 0 aliphatic carbocycles. The maximum atomic E-state index is 5.91. The van der Waals surface area contributed by atoms with E-state index < -0.39 is 0 Å². The van der Waals surface area contributed by atoms with Crippen LogP contribution in [-0.4, -0.2) is 24.4 Å². The van der Waals surface area contributed by atoms with Gasteiger partial charge in [-0.3, -0.25) is 0 Å². The fourth-order valence-electron chi connectivity index (χ4n) is 2.48. The van der Waals surface area contributed by atoms with E-state index in [0.717, 1.165) is 25.0 Å². The van der Waals surface area contributed by atoms with E-state index in [1.165, 1.54) is 5.56 Å². The Labute approximate surface area is 116 Å². The van der Waals surface area contributed by atoms with E-state index >= 15 is 0 Å². The third kappa shape index (κ3) is 4.51. The van der Waals surface area contributed by atoms with Gasteiger partial charge in [-0.25, -0.2) is 0 Å². The first-order valence-corrected chi connectivity index (χ1v) is 7.10. The summed E-state index contributed by atoms with van der Waals surface area (Å²) in [7, 11) is 0. The van der Waals surface area contributed by atoms with E-state index in [-0.39, 0.29) is 17.7 Å². The molecule has 3 heteroatoms. The molecule has 2 N–H and O–H groups in total. The summed E-state index contributed by atoms with van der Waals surface area (Å²) in [6.45, 7) is 6.92. The predicted octanol–water partition coefficient (Wildman–Crippen LogP) is 2.91. The van der Waals surface area contributed by atoms with E-state index in [9.17, 15) is 0 Å². The minimum Gasteiger partial charge on any atom is -0.491 e. The molecule has 3 nitrogen and oxygen atoms in total. The van der Waals surface area contributed by atoms with Crippen LogP contribution in [0.25, 0.3) is 0 Å². The van der Waals surface area contributed by atoms with Crippen molar-refractivity contribution in [3.05, 3.63) is 29.8 Å². The van der Waals surface area contributed by atoms with Crippen molar-refractivity contribution < 1.29 is 9.47 Å². The lowest BCUT2D eigenvalue weighted by molar-refractivity contribution is -0.0326. The van der Waals surface area contributed by atoms with Crippen LogP contribution in [0.1, 0.15) is 39.2 Å². The van der Waals surface area contributed by atoms with Crippen molar-refractivity contribution in [2.45, 2.75) is 57.8 Å². The van der Waals surface area contributed by atoms with Gasteiger partial charge in [0.2, 0.25) is 0 Å². The summed E-state index contributed by atoms with van der Waals surface area (Å²) in [6, 6.07) is 8.38. The standard InChI is InChI=1S/C16H25NO2/c1-12(17)10-13-4-6-14(7-5-13)18-11-15-8-9-16(2,3)19-15/h4-7,12,15H,8-11,17H2,1-3H3. The third-order valence-electron chi connectivity index (χ3n) is 3.47. The van der Waals surface area contributed by atoms with Crippen LogP contribution < -0.4 is 10.5 Å². The molecule has 2 unspecified atom stereocenters. The lowest BCUT2D eigenvalue weighted by Gasteiger charge is -2.19. The summed E-state index contributed by atoms with van der Waals surface area (Å²) in [5.41, 5.74) is 7.04. The number of nitrogens with two attached hydrogens (primary N) is 1. The Morgan fingerprint density at radius 2 is 2.05 bits per heavy atom. The molecule has 1 heterocycles. The monoisotopic (exact) mass is 263 g/mol. The highest BCUT2D eigenvalue weighted by molar-refractivity contribution is 5.27. The van der Waals surface area contributed by atoms with Crippen LogP contribution in [0.2, 0.25) is 0 Å². The first kappa shape index (κ1) is 14.4. The fourth-order valence-corrected chi connectivity index (χ4v) is 2.48. The highest BCUT2D eigenvalue weighted by atomic mass is 16.6. The van der Waals surface area contributed by atoms with Crippen molar-refractivity contribution in [3.8, 4) is 5.75 Å². The molecule has 1 aliphatic heterocycles. The Bertz CT molecular complexity index is 398. The van der Waals surface area contributed by atoms with Crippen LogP contribution in [0.3, 0.4) is 0 Å². The summed E-state index contributed by atoms with van der Waals surface area (Å²) in [5, 5.41) is 0. The average molecular weight is 263 g/mol. The zero-order chi connectivity index (χ0) is 13.9. The van der Waals surface area contributed by atoms with Crippen molar-refractivity contribution in [2.24, 2.45) is 5.73 Å². The van der Waals surface area contributed by atoms with Crippen molar-refractivity contribution in [3.63, 3.8) is 0 Å². The lowest BCUT2D eigenvalue weighted by Crippen LogP contribution is -2.23. The number of hydrogen-bond acceptors (Lipinski definition) is 3. The maximum Gasteiger partial charge on any atom is 0.119 e. The molecule has 0 spiro atoms. The van der Waals surface area contributed by atoms with E-state index in [2.05, 4.69) is 26.0 Å². The minimum absolute atomic E-state index is 0.00908. The van der Waals surface area contributed by atoms with Gasteiger partial charge in [-0.05, 0) is 57.7 Å². The third-order valence-corrected chi connectivity index (χ3v) is 3.47. The maximum absolute atomic E-state index is 5.91. The van der Waals surface area contributed by atoms with Gasteiger partial charge < -0.3 is 15.2 Å². The van der Waals surface area contributed by atoms with E-state index in [1.807, 2.05) is 19.1 Å². The Balaban J connectivity index is 1.80. The zero-order valence-electron chi connectivity index (χ0n) is 12.2. The predicted molar refractivity (Wildman–Crippen MR) is 77.5 cm³/mol. The number of benzene rings is 1. The van der Waals surface area contributed by atoms with Crippen LogP contribution in [0.15, 0.2) is 24.3 Å². The largest absolute Gasteiger partial charge is 0.491 e. The summed E-state index contributed by atoms with van der Waals surface area (Å²) >= 11 is 0. The molecule has 1 fully saturated rings. The number of rotatable bonds is 5. The molecular weight excluding hydrogens is 238 g/mol. The van der Waals surface area contributed by atoms with Gasteiger partial charge >= 0.3 is 0 Å². The zero-order valence-corrected chi connectivity index (χ0v) is 12.2. The molecular formula is C16H25NO2. The summed E-state index contributed by atoms with van der Waals surface area (Å²) in [4.78, 5) is 0. The second-order valence-corrected chi connectivity index (χ2v) is 6.17. The van der Waals surface area contributed by atoms with Gasteiger partial charge in [0.15, 0.2) is 0 Å². The summed E-state index contributed by atoms with van der Waals surface area (Å²) < 4.78 is 11.7. The first-order valence-electron chi connectivity index (χ1n) is 7.10. The SMILES string of the molecule is CC(N)Cc1ccc(OCC2CCC(C)(C)O2)cc1. The fraction of sp³-hybridized carbons (Fsp3) is 0.625.